The van der Waals surface area contributed by atoms with Crippen molar-refractivity contribution in [3.05, 3.63) is 58.4 Å². The molecule has 0 radical (unpaired) electrons. The Morgan fingerprint density at radius 2 is 1.97 bits per heavy atom. The summed E-state index contributed by atoms with van der Waals surface area (Å²) in [4.78, 5) is 12.4. The Labute approximate surface area is 183 Å². The number of hydrogen-bond donors (Lipinski definition) is 2. The van der Waals surface area contributed by atoms with Gasteiger partial charge in [-0.1, -0.05) is 35.9 Å². The van der Waals surface area contributed by atoms with E-state index in [4.69, 9.17) is 17.0 Å². The Bertz CT molecular complexity index is 1100. The van der Waals surface area contributed by atoms with Crippen LogP contribution in [0, 0.1) is 11.7 Å². The normalized spacial score (nSPS) is 10.9. The molecule has 0 bridgehead atoms. The summed E-state index contributed by atoms with van der Waals surface area (Å²) in [5.41, 5.74) is 2.77. The quantitative estimate of drug-likeness (QED) is 0.486. The second kappa shape index (κ2) is 10.2. The molecule has 10 heteroatoms. The van der Waals surface area contributed by atoms with Gasteiger partial charge in [0.2, 0.25) is 5.91 Å². The molecule has 0 aliphatic carbocycles. The first kappa shape index (κ1) is 22.4. The highest BCUT2D eigenvalue weighted by molar-refractivity contribution is 7.71. The molecule has 0 aliphatic heterocycles. The maximum absolute atomic E-state index is 12.4. The molecule has 1 amide bonds. The van der Waals surface area contributed by atoms with Gasteiger partial charge in [0.1, 0.15) is 6.54 Å². The average Bonchev–Trinajstić information content (AvgIpc) is 3.09. The largest absolute Gasteiger partial charge is 0.493 e. The number of nitrogens with zero attached hydrogens (tertiary/aromatic N) is 2. The van der Waals surface area contributed by atoms with Crippen molar-refractivity contribution in [2.24, 2.45) is 0 Å². The van der Waals surface area contributed by atoms with Gasteiger partial charge in [0.25, 0.3) is 0 Å². The number of H-pyrrole nitrogens is 1. The molecule has 0 aliphatic rings. The fourth-order valence-corrected chi connectivity index (χ4v) is 3.19. The standard InChI is InChI=1S/C21H22F2N4O3S/c1-13-3-6-15(7-4-13)19-25-26-21(31)27(19)12-18(28)24-10-9-14-5-8-16(30-20(22)23)17(11-14)29-2/h3-8,11,20H,9-10,12H2,1-2H3,(H,24,28)(H,26,31). The number of hydrogen-bond acceptors (Lipinski definition) is 5. The predicted octanol–water partition coefficient (Wildman–Crippen LogP) is 3.89. The first-order valence-corrected chi connectivity index (χ1v) is 9.89. The van der Waals surface area contributed by atoms with Gasteiger partial charge in [-0.05, 0) is 43.3 Å². The van der Waals surface area contributed by atoms with Crippen molar-refractivity contribution in [2.75, 3.05) is 13.7 Å². The number of ether oxygens (including phenoxy) is 2. The van der Waals surface area contributed by atoms with E-state index in [0.717, 1.165) is 16.7 Å². The molecule has 0 atom stereocenters. The number of alkyl halides is 2. The van der Waals surface area contributed by atoms with Crippen LogP contribution in [-0.2, 0) is 17.8 Å². The first-order chi connectivity index (χ1) is 14.9. The molecule has 7 nitrogen and oxygen atoms in total. The van der Waals surface area contributed by atoms with Crippen LogP contribution in [0.5, 0.6) is 11.5 Å². The highest BCUT2D eigenvalue weighted by atomic mass is 32.1. The number of methoxy groups -OCH3 is 1. The van der Waals surface area contributed by atoms with Crippen molar-refractivity contribution in [2.45, 2.75) is 26.5 Å². The summed E-state index contributed by atoms with van der Waals surface area (Å²) in [6, 6.07) is 12.4. The number of carbonyl (C=O) groups is 1. The van der Waals surface area contributed by atoms with Gasteiger partial charge in [-0.15, -0.1) is 0 Å². The molecule has 3 rings (SSSR count). The Hall–Kier alpha value is -3.27. The second-order valence-electron chi connectivity index (χ2n) is 6.77. The van der Waals surface area contributed by atoms with Gasteiger partial charge in [0, 0.05) is 12.1 Å². The van der Waals surface area contributed by atoms with Crippen LogP contribution in [0.15, 0.2) is 42.5 Å². The zero-order chi connectivity index (χ0) is 22.4. The lowest BCUT2D eigenvalue weighted by molar-refractivity contribution is -0.121. The zero-order valence-corrected chi connectivity index (χ0v) is 17.8. The van der Waals surface area contributed by atoms with Crippen molar-refractivity contribution >= 4 is 18.1 Å². The van der Waals surface area contributed by atoms with Crippen LogP contribution < -0.4 is 14.8 Å². The number of amides is 1. The van der Waals surface area contributed by atoms with Crippen molar-refractivity contribution in [3.63, 3.8) is 0 Å². The molecule has 3 aromatic rings. The fraction of sp³-hybridized carbons (Fsp3) is 0.286. The van der Waals surface area contributed by atoms with Crippen molar-refractivity contribution in [1.82, 2.24) is 20.1 Å². The molecular weight excluding hydrogens is 426 g/mol. The molecule has 164 valence electrons. The Kier molecular flexibility index (Phi) is 7.35. The monoisotopic (exact) mass is 448 g/mol. The van der Waals surface area contributed by atoms with Crippen LogP contribution in [0.1, 0.15) is 11.1 Å². The fourth-order valence-electron chi connectivity index (χ4n) is 2.99. The topological polar surface area (TPSA) is 81.2 Å². The highest BCUT2D eigenvalue weighted by Gasteiger charge is 2.13. The summed E-state index contributed by atoms with van der Waals surface area (Å²) in [6.45, 7) is -0.576. The number of halogens is 2. The lowest BCUT2D eigenvalue weighted by atomic mass is 10.1. The summed E-state index contributed by atoms with van der Waals surface area (Å²) in [7, 11) is 1.37. The van der Waals surface area contributed by atoms with Crippen molar-refractivity contribution in [1.29, 1.82) is 0 Å². The van der Waals surface area contributed by atoms with Gasteiger partial charge in [0.05, 0.1) is 7.11 Å². The van der Waals surface area contributed by atoms with E-state index in [1.54, 1.807) is 16.7 Å². The van der Waals surface area contributed by atoms with Crippen molar-refractivity contribution < 1.29 is 23.0 Å². The minimum Gasteiger partial charge on any atom is -0.493 e. The zero-order valence-electron chi connectivity index (χ0n) is 17.0. The summed E-state index contributed by atoms with van der Waals surface area (Å²) in [6.07, 6.45) is 0.485. The SMILES string of the molecule is COc1cc(CCNC(=O)Cn2c(-c3ccc(C)cc3)n[nH]c2=S)ccc1OC(F)F. The summed E-state index contributed by atoms with van der Waals surface area (Å²) in [5, 5.41) is 9.79. The minimum absolute atomic E-state index is 0.0169. The van der Waals surface area contributed by atoms with Gasteiger partial charge in [-0.25, -0.2) is 0 Å². The van der Waals surface area contributed by atoms with E-state index in [2.05, 4.69) is 20.3 Å². The maximum Gasteiger partial charge on any atom is 0.387 e. The second-order valence-corrected chi connectivity index (χ2v) is 7.15. The Morgan fingerprint density at radius 1 is 1.23 bits per heavy atom. The van der Waals surface area contributed by atoms with E-state index >= 15 is 0 Å². The van der Waals surface area contributed by atoms with Crippen LogP contribution in [0.3, 0.4) is 0 Å². The number of carbonyl (C=O) groups excluding carboxylic acids is 1. The number of rotatable bonds is 9. The molecule has 0 saturated heterocycles. The van der Waals surface area contributed by atoms with E-state index in [9.17, 15) is 13.6 Å². The number of aromatic nitrogens is 3. The maximum atomic E-state index is 12.4. The molecule has 0 spiro atoms. The summed E-state index contributed by atoms with van der Waals surface area (Å²) in [5.74, 6) is 0.523. The highest BCUT2D eigenvalue weighted by Crippen LogP contribution is 2.29. The van der Waals surface area contributed by atoms with Crippen LogP contribution in [-0.4, -0.2) is 40.9 Å². The Balaban J connectivity index is 1.60. The molecule has 1 aromatic heterocycles. The first-order valence-electron chi connectivity index (χ1n) is 9.48. The third-order valence-electron chi connectivity index (χ3n) is 4.55. The van der Waals surface area contributed by atoms with Crippen molar-refractivity contribution in [3.8, 4) is 22.9 Å². The number of aromatic amines is 1. The summed E-state index contributed by atoms with van der Waals surface area (Å²) < 4.78 is 36.3. The van der Waals surface area contributed by atoms with E-state index < -0.39 is 6.61 Å². The Morgan fingerprint density at radius 3 is 2.65 bits per heavy atom. The van der Waals surface area contributed by atoms with Gasteiger partial charge < -0.3 is 14.8 Å². The predicted molar refractivity (Wildman–Crippen MR) is 114 cm³/mol. The van der Waals surface area contributed by atoms with Gasteiger partial charge in [-0.2, -0.15) is 13.9 Å². The van der Waals surface area contributed by atoms with Crippen LogP contribution in [0.25, 0.3) is 11.4 Å². The molecular formula is C21H22F2N4O3S. The molecule has 1 heterocycles. The smallest absolute Gasteiger partial charge is 0.387 e. The molecule has 0 saturated carbocycles. The van der Waals surface area contributed by atoms with Gasteiger partial charge >= 0.3 is 6.61 Å². The average molecular weight is 448 g/mol. The molecule has 2 aromatic carbocycles. The van der Waals surface area contributed by atoms with Gasteiger partial charge in [0.15, 0.2) is 22.1 Å². The van der Waals surface area contributed by atoms with Crippen LogP contribution >= 0.6 is 12.2 Å². The molecule has 0 unspecified atom stereocenters. The third kappa shape index (κ3) is 5.88. The lowest BCUT2D eigenvalue weighted by Crippen LogP contribution is -2.29. The minimum atomic E-state index is -2.93. The molecule has 31 heavy (non-hydrogen) atoms. The molecule has 0 fully saturated rings. The lowest BCUT2D eigenvalue weighted by Gasteiger charge is -2.12. The number of aryl methyl sites for hydroxylation is 1. The number of nitrogens with one attached hydrogen (secondary N) is 2. The van der Waals surface area contributed by atoms with Crippen LogP contribution in [0.4, 0.5) is 8.78 Å². The summed E-state index contributed by atoms with van der Waals surface area (Å²) >= 11 is 5.26. The molecule has 2 N–H and O–H groups in total. The number of benzene rings is 2. The third-order valence-corrected chi connectivity index (χ3v) is 4.86. The van der Waals surface area contributed by atoms with E-state index in [-0.39, 0.29) is 24.0 Å². The van der Waals surface area contributed by atoms with E-state index in [1.807, 2.05) is 31.2 Å². The van der Waals surface area contributed by atoms with Crippen LogP contribution in [0.2, 0.25) is 0 Å². The van der Waals surface area contributed by atoms with E-state index in [0.29, 0.717) is 23.6 Å². The van der Waals surface area contributed by atoms with Gasteiger partial charge in [-0.3, -0.25) is 14.5 Å². The van der Waals surface area contributed by atoms with E-state index in [1.165, 1.54) is 13.2 Å².